The number of carbonyl (C=O) groups excluding carboxylic acids is 1. The first-order valence-corrected chi connectivity index (χ1v) is 10.7. The van der Waals surface area contributed by atoms with Gasteiger partial charge in [0.05, 0.1) is 25.3 Å². The molecule has 168 valence electrons. The molecule has 1 aromatic heterocycles. The van der Waals surface area contributed by atoms with Crippen LogP contribution < -0.4 is 15.0 Å². The summed E-state index contributed by atoms with van der Waals surface area (Å²) in [6, 6.07) is 13.1. The minimum Gasteiger partial charge on any atom is -0.497 e. The average molecular weight is 437 g/mol. The Morgan fingerprint density at radius 2 is 1.72 bits per heavy atom. The number of fused-ring (bicyclic) bond motifs is 1. The third-order valence-electron chi connectivity index (χ3n) is 5.94. The molecule has 0 spiro atoms. The molecule has 0 aliphatic carbocycles. The second-order valence-electron chi connectivity index (χ2n) is 7.93. The van der Waals surface area contributed by atoms with Crippen molar-refractivity contribution in [3.8, 4) is 11.5 Å². The van der Waals surface area contributed by atoms with Crippen LogP contribution in [-0.4, -0.2) is 65.9 Å². The molecular weight excluding hydrogens is 408 g/mol. The van der Waals surface area contributed by atoms with Crippen molar-refractivity contribution in [3.05, 3.63) is 64.1 Å². The molecule has 0 saturated carbocycles. The van der Waals surface area contributed by atoms with E-state index in [1.54, 1.807) is 25.2 Å². The lowest BCUT2D eigenvalue weighted by Crippen LogP contribution is -2.49. The zero-order valence-electron chi connectivity index (χ0n) is 18.7. The molecule has 1 fully saturated rings. The molecule has 8 heteroatoms. The highest BCUT2D eigenvalue weighted by Gasteiger charge is 2.23. The first-order chi connectivity index (χ1) is 15.5. The Kier molecular flexibility index (Phi) is 6.41. The number of methoxy groups -OCH3 is 2. The molecule has 1 aliphatic rings. The van der Waals surface area contributed by atoms with Gasteiger partial charge in [-0.25, -0.2) is 4.68 Å². The van der Waals surface area contributed by atoms with Gasteiger partial charge < -0.3 is 14.4 Å². The molecule has 1 amide bonds. The molecule has 32 heavy (non-hydrogen) atoms. The molecule has 0 N–H and O–H groups in total. The van der Waals surface area contributed by atoms with Gasteiger partial charge in [0.15, 0.2) is 0 Å². The minimum absolute atomic E-state index is 0.0474. The number of ether oxygens (including phenoxy) is 2. The Balaban J connectivity index is 1.40. The van der Waals surface area contributed by atoms with Crippen LogP contribution in [0.15, 0.2) is 47.3 Å². The first kappa shape index (κ1) is 21.8. The van der Waals surface area contributed by atoms with Crippen LogP contribution >= 0.6 is 0 Å². The summed E-state index contributed by atoms with van der Waals surface area (Å²) in [5.41, 5.74) is 1.56. The van der Waals surface area contributed by atoms with Gasteiger partial charge in [0.2, 0.25) is 5.91 Å². The molecular formula is C24H28N4O4. The predicted molar refractivity (Wildman–Crippen MR) is 122 cm³/mol. The maximum Gasteiger partial charge on any atom is 0.275 e. The van der Waals surface area contributed by atoms with Crippen LogP contribution in [0.1, 0.15) is 11.3 Å². The molecule has 4 rings (SSSR count). The van der Waals surface area contributed by atoms with E-state index in [4.69, 9.17) is 9.47 Å². The smallest absolute Gasteiger partial charge is 0.275 e. The second kappa shape index (κ2) is 9.40. The van der Waals surface area contributed by atoms with Crippen LogP contribution in [0.4, 0.5) is 0 Å². The molecule has 0 atom stereocenters. The number of aromatic nitrogens is 2. The Morgan fingerprint density at radius 1 is 1.00 bits per heavy atom. The summed E-state index contributed by atoms with van der Waals surface area (Å²) in [6.07, 6.45) is 0. The van der Waals surface area contributed by atoms with Crippen molar-refractivity contribution in [1.29, 1.82) is 0 Å². The van der Waals surface area contributed by atoms with E-state index >= 15 is 0 Å². The Hall–Kier alpha value is -3.39. The third-order valence-corrected chi connectivity index (χ3v) is 5.94. The fraction of sp³-hybridized carbons (Fsp3) is 0.375. The molecule has 0 unspecified atom stereocenters. The van der Waals surface area contributed by atoms with E-state index in [0.29, 0.717) is 25.0 Å². The van der Waals surface area contributed by atoms with E-state index in [1.165, 1.54) is 4.68 Å². The van der Waals surface area contributed by atoms with E-state index in [-0.39, 0.29) is 18.0 Å². The molecule has 2 aromatic carbocycles. The lowest BCUT2D eigenvalue weighted by molar-refractivity contribution is -0.133. The number of carbonyl (C=O) groups is 1. The molecule has 0 bridgehead atoms. The van der Waals surface area contributed by atoms with Crippen molar-refractivity contribution in [3.63, 3.8) is 0 Å². The molecule has 2 heterocycles. The van der Waals surface area contributed by atoms with E-state index in [9.17, 15) is 9.59 Å². The fourth-order valence-corrected chi connectivity index (χ4v) is 4.14. The van der Waals surface area contributed by atoms with Crippen molar-refractivity contribution in [2.45, 2.75) is 20.0 Å². The average Bonchev–Trinajstić information content (AvgIpc) is 2.82. The van der Waals surface area contributed by atoms with Crippen LogP contribution in [0, 0.1) is 6.92 Å². The second-order valence-corrected chi connectivity index (χ2v) is 7.93. The minimum atomic E-state index is -0.233. The van der Waals surface area contributed by atoms with Gasteiger partial charge in [0.25, 0.3) is 5.56 Å². The SMILES string of the molecule is COc1ccc(OC)c(CN2CCN(C(=O)Cn3nc(C)c4ccccc4c3=O)CC2)c1. The van der Waals surface area contributed by atoms with Crippen LogP contribution in [0.3, 0.4) is 0 Å². The molecule has 8 nitrogen and oxygen atoms in total. The number of hydrogen-bond acceptors (Lipinski definition) is 6. The van der Waals surface area contributed by atoms with Crippen molar-refractivity contribution >= 4 is 16.7 Å². The lowest BCUT2D eigenvalue weighted by atomic mass is 10.1. The van der Waals surface area contributed by atoms with Gasteiger partial charge in [-0.15, -0.1) is 0 Å². The van der Waals surface area contributed by atoms with Crippen molar-refractivity contribution in [2.75, 3.05) is 40.4 Å². The van der Waals surface area contributed by atoms with Crippen LogP contribution in [0.2, 0.25) is 0 Å². The quantitative estimate of drug-likeness (QED) is 0.589. The highest BCUT2D eigenvalue weighted by molar-refractivity contribution is 5.83. The predicted octanol–water partition coefficient (Wildman–Crippen LogP) is 2.07. The molecule has 1 aliphatic heterocycles. The summed E-state index contributed by atoms with van der Waals surface area (Å²) >= 11 is 0. The largest absolute Gasteiger partial charge is 0.497 e. The van der Waals surface area contributed by atoms with Crippen molar-refractivity contribution in [2.24, 2.45) is 0 Å². The summed E-state index contributed by atoms with van der Waals surface area (Å²) in [7, 11) is 3.31. The fourth-order valence-electron chi connectivity index (χ4n) is 4.14. The summed E-state index contributed by atoms with van der Waals surface area (Å²) in [4.78, 5) is 29.7. The number of rotatable bonds is 6. The van der Waals surface area contributed by atoms with E-state index in [0.717, 1.165) is 41.2 Å². The number of benzene rings is 2. The van der Waals surface area contributed by atoms with Crippen molar-refractivity contribution in [1.82, 2.24) is 19.6 Å². The monoisotopic (exact) mass is 436 g/mol. The van der Waals surface area contributed by atoms with Gasteiger partial charge in [0, 0.05) is 43.7 Å². The first-order valence-electron chi connectivity index (χ1n) is 10.7. The van der Waals surface area contributed by atoms with Gasteiger partial charge in [-0.2, -0.15) is 5.10 Å². The van der Waals surface area contributed by atoms with Gasteiger partial charge in [0.1, 0.15) is 18.0 Å². The van der Waals surface area contributed by atoms with Crippen LogP contribution in [0.25, 0.3) is 10.8 Å². The maximum atomic E-state index is 12.9. The van der Waals surface area contributed by atoms with Gasteiger partial charge >= 0.3 is 0 Å². The summed E-state index contributed by atoms with van der Waals surface area (Å²) in [6.45, 7) is 5.21. The number of aryl methyl sites for hydroxylation is 1. The van der Waals surface area contributed by atoms with Crippen LogP contribution in [-0.2, 0) is 17.9 Å². The van der Waals surface area contributed by atoms with Crippen molar-refractivity contribution < 1.29 is 14.3 Å². The Morgan fingerprint density at radius 3 is 2.41 bits per heavy atom. The standard InChI is InChI=1S/C24H28N4O4/c1-17-20-6-4-5-7-21(20)24(30)28(25-17)16-23(29)27-12-10-26(11-13-27)15-18-14-19(31-2)8-9-22(18)32-3/h4-9,14H,10-13,15-16H2,1-3H3. The van der Waals surface area contributed by atoms with Gasteiger partial charge in [-0.1, -0.05) is 18.2 Å². The summed E-state index contributed by atoms with van der Waals surface area (Å²) in [5, 5.41) is 5.77. The number of nitrogens with zero attached hydrogens (tertiary/aromatic N) is 4. The highest BCUT2D eigenvalue weighted by Crippen LogP contribution is 2.25. The van der Waals surface area contributed by atoms with Gasteiger partial charge in [-0.3, -0.25) is 14.5 Å². The van der Waals surface area contributed by atoms with Crippen LogP contribution in [0.5, 0.6) is 11.5 Å². The zero-order valence-corrected chi connectivity index (χ0v) is 18.7. The van der Waals surface area contributed by atoms with E-state index in [1.807, 2.05) is 43.3 Å². The third kappa shape index (κ3) is 4.45. The normalized spacial score (nSPS) is 14.5. The molecule has 1 saturated heterocycles. The summed E-state index contributed by atoms with van der Waals surface area (Å²) < 4.78 is 12.1. The van der Waals surface area contributed by atoms with E-state index in [2.05, 4.69) is 10.00 Å². The topological polar surface area (TPSA) is 76.9 Å². The number of hydrogen-bond donors (Lipinski definition) is 0. The number of piperazine rings is 1. The zero-order chi connectivity index (χ0) is 22.7. The number of amides is 1. The molecule has 3 aromatic rings. The van der Waals surface area contributed by atoms with E-state index < -0.39 is 0 Å². The maximum absolute atomic E-state index is 12.9. The Bertz CT molecular complexity index is 1180. The van der Waals surface area contributed by atoms with Gasteiger partial charge in [-0.05, 0) is 31.2 Å². The molecule has 0 radical (unpaired) electrons. The Labute approximate surface area is 187 Å². The highest BCUT2D eigenvalue weighted by atomic mass is 16.5. The lowest BCUT2D eigenvalue weighted by Gasteiger charge is -2.35. The summed E-state index contributed by atoms with van der Waals surface area (Å²) in [5.74, 6) is 1.52.